The molecule has 0 N–H and O–H groups in total. The molecule has 0 amide bonds. The fourth-order valence-corrected chi connectivity index (χ4v) is 4.25. The Kier molecular flexibility index (Phi) is 3.63. The molecule has 1 aromatic heterocycles. The molecule has 2 aliphatic carbocycles. The van der Waals surface area contributed by atoms with E-state index in [1.54, 1.807) is 0 Å². The summed E-state index contributed by atoms with van der Waals surface area (Å²) in [6, 6.07) is 14.5. The van der Waals surface area contributed by atoms with Gasteiger partial charge in [0.25, 0.3) is 0 Å². The van der Waals surface area contributed by atoms with Gasteiger partial charge in [-0.05, 0) is 36.5 Å². The van der Waals surface area contributed by atoms with Gasteiger partial charge in [0.1, 0.15) is 5.82 Å². The molecule has 0 radical (unpaired) electrons. The summed E-state index contributed by atoms with van der Waals surface area (Å²) in [6.07, 6.45) is 4.88. The van der Waals surface area contributed by atoms with E-state index in [1.807, 2.05) is 42.5 Å². The van der Waals surface area contributed by atoms with Gasteiger partial charge in [0, 0.05) is 17.5 Å². The molecule has 0 bridgehead atoms. The normalized spacial score (nSPS) is 17.1. The van der Waals surface area contributed by atoms with Crippen LogP contribution in [0, 0.1) is 0 Å². The molecule has 0 aliphatic heterocycles. The lowest BCUT2D eigenvalue weighted by Crippen LogP contribution is -2.06. The van der Waals surface area contributed by atoms with Crippen molar-refractivity contribution >= 4 is 28.3 Å². The lowest BCUT2D eigenvalue weighted by molar-refractivity contribution is 0.102. The molecule has 2 saturated carbocycles. The van der Waals surface area contributed by atoms with Crippen molar-refractivity contribution in [3.8, 4) is 0 Å². The van der Waals surface area contributed by atoms with Crippen molar-refractivity contribution in [1.29, 1.82) is 0 Å². The highest BCUT2D eigenvalue weighted by atomic mass is 32.2. The van der Waals surface area contributed by atoms with Crippen molar-refractivity contribution in [2.24, 2.45) is 0 Å². The van der Waals surface area contributed by atoms with Crippen LogP contribution in [0.2, 0.25) is 0 Å². The zero-order chi connectivity index (χ0) is 16.8. The van der Waals surface area contributed by atoms with Crippen molar-refractivity contribution in [2.75, 3.05) is 5.75 Å². The Labute approximate surface area is 150 Å². The van der Waals surface area contributed by atoms with Gasteiger partial charge in [-0.25, -0.2) is 0 Å². The summed E-state index contributed by atoms with van der Waals surface area (Å²) in [5, 5.41) is 11.9. The third kappa shape index (κ3) is 2.86. The Morgan fingerprint density at radius 2 is 1.84 bits per heavy atom. The molecule has 0 saturated heterocycles. The minimum Gasteiger partial charge on any atom is -0.303 e. The number of nitrogens with zero attached hydrogens (tertiary/aromatic N) is 3. The summed E-state index contributed by atoms with van der Waals surface area (Å²) in [5.41, 5.74) is 0.797. The second-order valence-corrected chi connectivity index (χ2v) is 7.90. The maximum absolute atomic E-state index is 12.8. The first-order valence-electron chi connectivity index (χ1n) is 8.90. The van der Waals surface area contributed by atoms with Crippen molar-refractivity contribution in [1.82, 2.24) is 14.8 Å². The number of benzene rings is 2. The van der Waals surface area contributed by atoms with Crippen LogP contribution in [0.5, 0.6) is 0 Å². The summed E-state index contributed by atoms with van der Waals surface area (Å²) in [5.74, 6) is 2.29. The average Bonchev–Trinajstić information content (AvgIpc) is 3.58. The summed E-state index contributed by atoms with van der Waals surface area (Å²) < 4.78 is 2.30. The molecule has 126 valence electrons. The molecule has 4 nitrogen and oxygen atoms in total. The van der Waals surface area contributed by atoms with E-state index < -0.39 is 0 Å². The van der Waals surface area contributed by atoms with E-state index in [0.717, 1.165) is 27.3 Å². The van der Waals surface area contributed by atoms with E-state index in [9.17, 15) is 4.79 Å². The Hall–Kier alpha value is -2.14. The monoisotopic (exact) mass is 349 g/mol. The topological polar surface area (TPSA) is 47.8 Å². The van der Waals surface area contributed by atoms with Gasteiger partial charge in [0.05, 0.1) is 5.75 Å². The number of carbonyl (C=O) groups excluding carboxylic acids is 1. The van der Waals surface area contributed by atoms with Gasteiger partial charge in [-0.15, -0.1) is 10.2 Å². The fourth-order valence-electron chi connectivity index (χ4n) is 3.36. The smallest absolute Gasteiger partial charge is 0.191 e. The lowest BCUT2D eigenvalue weighted by atomic mass is 10.0. The van der Waals surface area contributed by atoms with Crippen LogP contribution in [0.4, 0.5) is 0 Å². The molecule has 2 fully saturated rings. The van der Waals surface area contributed by atoms with Crippen LogP contribution < -0.4 is 0 Å². The minimum absolute atomic E-state index is 0.153. The molecule has 2 aliphatic rings. The maximum Gasteiger partial charge on any atom is 0.191 e. The van der Waals surface area contributed by atoms with Crippen molar-refractivity contribution in [2.45, 2.75) is 42.8 Å². The van der Waals surface area contributed by atoms with Gasteiger partial charge >= 0.3 is 0 Å². The van der Waals surface area contributed by atoms with Gasteiger partial charge in [-0.1, -0.05) is 54.2 Å². The largest absolute Gasteiger partial charge is 0.303 e. The molecule has 0 unspecified atom stereocenters. The van der Waals surface area contributed by atoms with Crippen LogP contribution in [0.3, 0.4) is 0 Å². The quantitative estimate of drug-likeness (QED) is 0.481. The molecule has 5 rings (SSSR count). The van der Waals surface area contributed by atoms with E-state index in [-0.39, 0.29) is 5.78 Å². The molecule has 5 heteroatoms. The maximum atomic E-state index is 12.8. The molecule has 0 spiro atoms. The second kappa shape index (κ2) is 5.99. The summed E-state index contributed by atoms with van der Waals surface area (Å²) in [7, 11) is 0. The first-order chi connectivity index (χ1) is 12.3. The molecule has 2 aromatic carbocycles. The molecular weight excluding hydrogens is 330 g/mol. The third-order valence-electron chi connectivity index (χ3n) is 4.97. The van der Waals surface area contributed by atoms with E-state index >= 15 is 0 Å². The Morgan fingerprint density at radius 3 is 2.64 bits per heavy atom. The number of hydrogen-bond donors (Lipinski definition) is 0. The van der Waals surface area contributed by atoms with Crippen LogP contribution in [0.15, 0.2) is 47.6 Å². The summed E-state index contributed by atoms with van der Waals surface area (Å²) in [6.45, 7) is 0. The van der Waals surface area contributed by atoms with Gasteiger partial charge in [-0.3, -0.25) is 4.79 Å². The second-order valence-electron chi connectivity index (χ2n) is 6.95. The highest BCUT2D eigenvalue weighted by Gasteiger charge is 2.36. The number of carbonyl (C=O) groups is 1. The number of fused-ring (bicyclic) bond motifs is 1. The minimum atomic E-state index is 0.153. The molecule has 1 heterocycles. The SMILES string of the molecule is O=C(CSc1nnc(C2CC2)n1C1CC1)c1cccc2ccccc12. The first kappa shape index (κ1) is 15.1. The van der Waals surface area contributed by atoms with Crippen LogP contribution >= 0.6 is 11.8 Å². The Bertz CT molecular complexity index is 951. The highest BCUT2D eigenvalue weighted by molar-refractivity contribution is 7.99. The fraction of sp³-hybridized carbons (Fsp3) is 0.350. The number of ketones is 1. The van der Waals surface area contributed by atoms with Crippen molar-refractivity contribution in [3.05, 3.63) is 53.9 Å². The van der Waals surface area contributed by atoms with Crippen LogP contribution in [0.25, 0.3) is 10.8 Å². The van der Waals surface area contributed by atoms with Gasteiger partial charge in [0.2, 0.25) is 0 Å². The van der Waals surface area contributed by atoms with Crippen LogP contribution in [-0.4, -0.2) is 26.3 Å². The van der Waals surface area contributed by atoms with Gasteiger partial charge in [0.15, 0.2) is 10.9 Å². The molecule has 3 aromatic rings. The van der Waals surface area contributed by atoms with Crippen LogP contribution in [-0.2, 0) is 0 Å². The molecule has 25 heavy (non-hydrogen) atoms. The third-order valence-corrected chi connectivity index (χ3v) is 5.91. The standard InChI is InChI=1S/C20H19N3OS/c24-18(17-7-3-5-13-4-1-2-6-16(13)17)12-25-20-22-21-19(14-8-9-14)23(20)15-10-11-15/h1-7,14-15H,8-12H2. The number of aromatic nitrogens is 3. The first-order valence-corrected chi connectivity index (χ1v) is 9.88. The van der Waals surface area contributed by atoms with Gasteiger partial charge in [-0.2, -0.15) is 0 Å². The number of rotatable bonds is 6. The van der Waals surface area contributed by atoms with E-state index in [1.165, 1.54) is 37.4 Å². The molecular formula is C20H19N3OS. The van der Waals surface area contributed by atoms with Crippen LogP contribution in [0.1, 0.15) is 53.8 Å². The van der Waals surface area contributed by atoms with Crippen molar-refractivity contribution in [3.63, 3.8) is 0 Å². The van der Waals surface area contributed by atoms with E-state index in [2.05, 4.69) is 14.8 Å². The Balaban J connectivity index is 1.38. The molecule has 0 atom stereocenters. The number of Topliss-reactive ketones (excluding diaryl/α,β-unsaturated/α-hetero) is 1. The van der Waals surface area contributed by atoms with E-state index in [4.69, 9.17) is 0 Å². The number of hydrogen-bond acceptors (Lipinski definition) is 4. The predicted octanol–water partition coefficient (Wildman–Crippen LogP) is 4.62. The Morgan fingerprint density at radius 1 is 1.04 bits per heavy atom. The van der Waals surface area contributed by atoms with E-state index in [0.29, 0.717) is 17.7 Å². The summed E-state index contributed by atoms with van der Waals surface area (Å²) in [4.78, 5) is 12.8. The zero-order valence-corrected chi connectivity index (χ0v) is 14.7. The average molecular weight is 349 g/mol. The van der Waals surface area contributed by atoms with Gasteiger partial charge < -0.3 is 4.57 Å². The van der Waals surface area contributed by atoms with Crippen molar-refractivity contribution < 1.29 is 4.79 Å². The summed E-state index contributed by atoms with van der Waals surface area (Å²) >= 11 is 1.53. The predicted molar refractivity (Wildman–Crippen MR) is 99.3 cm³/mol. The number of thioether (sulfide) groups is 1. The lowest BCUT2D eigenvalue weighted by Gasteiger charge is -2.08. The zero-order valence-electron chi connectivity index (χ0n) is 13.9. The highest BCUT2D eigenvalue weighted by Crippen LogP contribution is 2.46.